The first-order valence-corrected chi connectivity index (χ1v) is 6.66. The van der Waals surface area contributed by atoms with E-state index in [0.717, 1.165) is 0 Å². The third-order valence-electron chi connectivity index (χ3n) is 3.98. The van der Waals surface area contributed by atoms with Crippen LogP contribution < -0.4 is 4.74 Å². The van der Waals surface area contributed by atoms with Crippen LogP contribution in [0.25, 0.3) is 0 Å². The van der Waals surface area contributed by atoms with Crippen LogP contribution in [0.15, 0.2) is 12.4 Å². The summed E-state index contributed by atoms with van der Waals surface area (Å²) in [5, 5.41) is 9.02. The van der Waals surface area contributed by atoms with E-state index in [9.17, 15) is 13.6 Å². The SMILES string of the molecule is N#Cc1cncc2c1OCCN(C(=O)C1(C(F)F)CC1)C2. The summed E-state index contributed by atoms with van der Waals surface area (Å²) < 4.78 is 31.6. The third-order valence-corrected chi connectivity index (χ3v) is 3.98. The van der Waals surface area contributed by atoms with Gasteiger partial charge in [0.05, 0.1) is 13.1 Å². The summed E-state index contributed by atoms with van der Waals surface area (Å²) in [5.74, 6) is -0.138. The molecule has 3 rings (SSSR count). The number of hydrogen-bond donors (Lipinski definition) is 0. The zero-order valence-electron chi connectivity index (χ0n) is 11.2. The molecule has 0 radical (unpaired) electrons. The number of fused-ring (bicyclic) bond motifs is 1. The van der Waals surface area contributed by atoms with Gasteiger partial charge in [-0.05, 0) is 12.8 Å². The maximum atomic E-state index is 13.1. The van der Waals surface area contributed by atoms with E-state index in [-0.39, 0.29) is 38.1 Å². The molecule has 1 aliphatic heterocycles. The van der Waals surface area contributed by atoms with Gasteiger partial charge in [0.1, 0.15) is 29.4 Å². The molecule has 0 spiro atoms. The van der Waals surface area contributed by atoms with E-state index in [2.05, 4.69) is 4.98 Å². The maximum Gasteiger partial charge on any atom is 0.252 e. The van der Waals surface area contributed by atoms with Crippen LogP contribution in [0.3, 0.4) is 0 Å². The normalized spacial score (nSPS) is 19.2. The number of nitrogens with zero attached hydrogens (tertiary/aromatic N) is 3. The largest absolute Gasteiger partial charge is 0.490 e. The molecule has 1 aromatic rings. The van der Waals surface area contributed by atoms with Crippen molar-refractivity contribution in [3.05, 3.63) is 23.5 Å². The zero-order chi connectivity index (χ0) is 15.0. The van der Waals surface area contributed by atoms with E-state index >= 15 is 0 Å². The number of aromatic nitrogens is 1. The van der Waals surface area contributed by atoms with Crippen molar-refractivity contribution in [1.29, 1.82) is 5.26 Å². The summed E-state index contributed by atoms with van der Waals surface area (Å²) in [5.41, 5.74) is -0.646. The quantitative estimate of drug-likeness (QED) is 0.832. The van der Waals surface area contributed by atoms with E-state index < -0.39 is 17.7 Å². The summed E-state index contributed by atoms with van der Waals surface area (Å²) in [6.07, 6.45) is 0.702. The smallest absolute Gasteiger partial charge is 0.252 e. The summed E-state index contributed by atoms with van der Waals surface area (Å²) in [7, 11) is 0. The monoisotopic (exact) mass is 293 g/mol. The Morgan fingerprint density at radius 1 is 1.48 bits per heavy atom. The van der Waals surface area contributed by atoms with Gasteiger partial charge in [-0.2, -0.15) is 5.26 Å². The van der Waals surface area contributed by atoms with Gasteiger partial charge in [-0.25, -0.2) is 8.78 Å². The van der Waals surface area contributed by atoms with Gasteiger partial charge in [0.25, 0.3) is 6.43 Å². The molecule has 0 atom stereocenters. The van der Waals surface area contributed by atoms with Gasteiger partial charge in [0.2, 0.25) is 5.91 Å². The molecule has 110 valence electrons. The molecule has 1 saturated carbocycles. The first kappa shape index (κ1) is 13.7. The number of ether oxygens (including phenoxy) is 1. The molecule has 2 heterocycles. The Morgan fingerprint density at radius 3 is 2.86 bits per heavy atom. The lowest BCUT2D eigenvalue weighted by molar-refractivity contribution is -0.143. The Kier molecular flexibility index (Phi) is 3.24. The number of hydrogen-bond acceptors (Lipinski definition) is 4. The fraction of sp³-hybridized carbons (Fsp3) is 0.500. The number of pyridine rings is 1. The van der Waals surface area contributed by atoms with Crippen LogP contribution in [0.2, 0.25) is 0 Å². The van der Waals surface area contributed by atoms with Gasteiger partial charge in [-0.3, -0.25) is 9.78 Å². The summed E-state index contributed by atoms with van der Waals surface area (Å²) in [6, 6.07) is 1.98. The topological polar surface area (TPSA) is 66.2 Å². The molecule has 1 fully saturated rings. The fourth-order valence-corrected chi connectivity index (χ4v) is 2.55. The van der Waals surface area contributed by atoms with Crippen molar-refractivity contribution in [1.82, 2.24) is 9.88 Å². The van der Waals surface area contributed by atoms with Crippen molar-refractivity contribution in [2.45, 2.75) is 25.8 Å². The number of amides is 1. The molecule has 21 heavy (non-hydrogen) atoms. The van der Waals surface area contributed by atoms with Crippen LogP contribution >= 0.6 is 0 Å². The predicted molar refractivity (Wildman–Crippen MR) is 67.5 cm³/mol. The second-order valence-corrected chi connectivity index (χ2v) is 5.32. The van der Waals surface area contributed by atoms with E-state index in [1.54, 1.807) is 0 Å². The first-order chi connectivity index (χ1) is 10.1. The van der Waals surface area contributed by atoms with Crippen molar-refractivity contribution in [3.63, 3.8) is 0 Å². The molecule has 0 saturated heterocycles. The number of carbonyl (C=O) groups is 1. The number of carbonyl (C=O) groups excluding carboxylic acids is 1. The Morgan fingerprint density at radius 2 is 2.24 bits per heavy atom. The summed E-state index contributed by atoms with van der Waals surface area (Å²) >= 11 is 0. The molecular formula is C14H13F2N3O2. The van der Waals surface area contributed by atoms with Crippen LogP contribution in [0.4, 0.5) is 8.78 Å². The van der Waals surface area contributed by atoms with Gasteiger partial charge in [0, 0.05) is 18.0 Å². The molecule has 0 bridgehead atoms. The number of rotatable bonds is 2. The van der Waals surface area contributed by atoms with Crippen LogP contribution in [0, 0.1) is 16.7 Å². The molecule has 0 unspecified atom stereocenters. The highest BCUT2D eigenvalue weighted by Crippen LogP contribution is 2.52. The van der Waals surface area contributed by atoms with E-state index in [4.69, 9.17) is 10.00 Å². The molecule has 7 heteroatoms. The molecule has 5 nitrogen and oxygen atoms in total. The molecule has 0 aromatic carbocycles. The second kappa shape index (κ2) is 4.95. The highest BCUT2D eigenvalue weighted by Gasteiger charge is 2.59. The minimum atomic E-state index is -2.64. The van der Waals surface area contributed by atoms with Gasteiger partial charge >= 0.3 is 0 Å². The van der Waals surface area contributed by atoms with Crippen molar-refractivity contribution in [2.75, 3.05) is 13.2 Å². The van der Waals surface area contributed by atoms with Crippen molar-refractivity contribution < 1.29 is 18.3 Å². The lowest BCUT2D eigenvalue weighted by Crippen LogP contribution is -2.41. The highest BCUT2D eigenvalue weighted by atomic mass is 19.3. The van der Waals surface area contributed by atoms with Crippen LogP contribution in [0.1, 0.15) is 24.0 Å². The third kappa shape index (κ3) is 2.20. The molecule has 0 N–H and O–H groups in total. The minimum absolute atomic E-state index is 0.144. The first-order valence-electron chi connectivity index (χ1n) is 6.66. The van der Waals surface area contributed by atoms with Gasteiger partial charge in [0.15, 0.2) is 0 Å². The van der Waals surface area contributed by atoms with E-state index in [1.165, 1.54) is 17.3 Å². The number of nitriles is 1. The second-order valence-electron chi connectivity index (χ2n) is 5.32. The molecular weight excluding hydrogens is 280 g/mol. The minimum Gasteiger partial charge on any atom is -0.490 e. The van der Waals surface area contributed by atoms with E-state index in [1.807, 2.05) is 6.07 Å². The molecule has 1 amide bonds. The van der Waals surface area contributed by atoms with Gasteiger partial charge in [-0.1, -0.05) is 0 Å². The summed E-state index contributed by atoms with van der Waals surface area (Å²) in [4.78, 5) is 17.7. The molecule has 2 aliphatic rings. The summed E-state index contributed by atoms with van der Waals surface area (Å²) in [6.45, 7) is 0.550. The number of alkyl halides is 2. The van der Waals surface area contributed by atoms with Gasteiger partial charge in [-0.15, -0.1) is 0 Å². The fourth-order valence-electron chi connectivity index (χ4n) is 2.55. The lowest BCUT2D eigenvalue weighted by Gasteiger charge is -2.25. The lowest BCUT2D eigenvalue weighted by atomic mass is 10.1. The van der Waals surface area contributed by atoms with Crippen LogP contribution in [0.5, 0.6) is 5.75 Å². The molecule has 1 aromatic heterocycles. The standard InChI is InChI=1S/C14H13F2N3O2/c15-12(16)14(1-2-14)13(20)19-3-4-21-11-9(5-17)6-18-7-10(11)8-19/h6-7,12H,1-4,8H2. The van der Waals surface area contributed by atoms with Crippen LogP contribution in [-0.4, -0.2) is 35.4 Å². The predicted octanol–water partition coefficient (Wildman–Crippen LogP) is 1.72. The maximum absolute atomic E-state index is 13.1. The highest BCUT2D eigenvalue weighted by molar-refractivity contribution is 5.86. The van der Waals surface area contributed by atoms with Crippen molar-refractivity contribution in [2.24, 2.45) is 5.41 Å². The van der Waals surface area contributed by atoms with Crippen molar-refractivity contribution >= 4 is 5.91 Å². The zero-order valence-corrected chi connectivity index (χ0v) is 11.2. The molecule has 1 aliphatic carbocycles. The Balaban J connectivity index is 1.87. The van der Waals surface area contributed by atoms with E-state index in [0.29, 0.717) is 11.3 Å². The number of halogens is 2. The average Bonchev–Trinajstić information content (AvgIpc) is 3.29. The van der Waals surface area contributed by atoms with Crippen molar-refractivity contribution in [3.8, 4) is 11.8 Å². The Bertz CT molecular complexity index is 623. The van der Waals surface area contributed by atoms with Crippen LogP contribution in [-0.2, 0) is 11.3 Å². The Hall–Kier alpha value is -2.23. The van der Waals surface area contributed by atoms with Gasteiger partial charge < -0.3 is 9.64 Å². The Labute approximate surface area is 120 Å². The average molecular weight is 293 g/mol.